The van der Waals surface area contributed by atoms with Crippen molar-refractivity contribution in [3.05, 3.63) is 47.3 Å². The Morgan fingerprint density at radius 2 is 1.76 bits per heavy atom. The maximum Gasteiger partial charge on any atom is 0.283 e. The van der Waals surface area contributed by atoms with E-state index < -0.39 is 12.0 Å². The number of rotatable bonds is 3. The van der Waals surface area contributed by atoms with Crippen molar-refractivity contribution in [1.29, 1.82) is 0 Å². The first kappa shape index (κ1) is 19.4. The minimum absolute atomic E-state index is 0.0922. The number of fused-ring (bicyclic) bond motifs is 1. The van der Waals surface area contributed by atoms with E-state index in [0.29, 0.717) is 23.1 Å². The number of hydrogen-bond donors (Lipinski definition) is 2. The van der Waals surface area contributed by atoms with Crippen LogP contribution in [0.1, 0.15) is 59.9 Å². The van der Waals surface area contributed by atoms with Gasteiger partial charge in [-0.25, -0.2) is 0 Å². The molecule has 2 aliphatic rings. The first-order valence-electron chi connectivity index (χ1n) is 10.2. The van der Waals surface area contributed by atoms with Crippen LogP contribution in [0.15, 0.2) is 30.3 Å². The molecular weight excluding hydrogens is 370 g/mol. The van der Waals surface area contributed by atoms with E-state index in [2.05, 4.69) is 15.4 Å². The molecule has 1 atom stereocenters. The van der Waals surface area contributed by atoms with E-state index in [1.807, 2.05) is 32.0 Å². The maximum atomic E-state index is 12.7. The fourth-order valence-corrected chi connectivity index (χ4v) is 4.32. The van der Waals surface area contributed by atoms with Crippen LogP contribution in [0.3, 0.4) is 0 Å². The van der Waals surface area contributed by atoms with Gasteiger partial charge in [-0.05, 0) is 44.9 Å². The Labute approximate surface area is 170 Å². The number of benzene rings is 1. The molecule has 1 aromatic heterocycles. The summed E-state index contributed by atoms with van der Waals surface area (Å²) in [4.78, 5) is 25.1. The highest BCUT2D eigenvalue weighted by atomic mass is 16.6. The van der Waals surface area contributed by atoms with Crippen LogP contribution >= 0.6 is 0 Å². The third kappa shape index (κ3) is 3.95. The smallest absolute Gasteiger partial charge is 0.283 e. The van der Waals surface area contributed by atoms with E-state index in [-0.39, 0.29) is 12.5 Å². The largest absolute Gasteiger partial charge is 0.485 e. The Balaban J connectivity index is 1.38. The Kier molecular flexibility index (Phi) is 5.47. The predicted molar refractivity (Wildman–Crippen MR) is 108 cm³/mol. The summed E-state index contributed by atoms with van der Waals surface area (Å²) in [5.41, 5.74) is 7.58. The maximum absolute atomic E-state index is 12.7. The number of nitrogens with zero attached hydrogens (tertiary/aromatic N) is 1. The lowest BCUT2D eigenvalue weighted by Gasteiger charge is -2.26. The summed E-state index contributed by atoms with van der Waals surface area (Å²) in [6.45, 7) is 4.09. The molecular formula is C22H27N3O4. The highest BCUT2D eigenvalue weighted by molar-refractivity contribution is 5.97. The molecule has 1 fully saturated rings. The molecule has 1 aromatic carbocycles. The topological polar surface area (TPSA) is 81.6 Å². The van der Waals surface area contributed by atoms with E-state index >= 15 is 0 Å². The van der Waals surface area contributed by atoms with E-state index in [1.54, 1.807) is 12.1 Å². The minimum atomic E-state index is -0.820. The lowest BCUT2D eigenvalue weighted by atomic mass is 9.95. The van der Waals surface area contributed by atoms with E-state index in [1.165, 1.54) is 19.3 Å². The monoisotopic (exact) mass is 397 g/mol. The van der Waals surface area contributed by atoms with Crippen molar-refractivity contribution < 1.29 is 19.1 Å². The fourth-order valence-electron chi connectivity index (χ4n) is 4.32. The SMILES string of the molecule is Cc1cc(C(=O)NNC(=O)C2COc3ccccc3O2)c(C)n1C1CCCCC1. The van der Waals surface area contributed by atoms with Gasteiger partial charge in [0.2, 0.25) is 6.10 Å². The third-order valence-corrected chi connectivity index (χ3v) is 5.77. The number of aromatic nitrogens is 1. The molecule has 4 rings (SSSR count). The summed E-state index contributed by atoms with van der Waals surface area (Å²) >= 11 is 0. The van der Waals surface area contributed by atoms with Crippen molar-refractivity contribution in [2.45, 2.75) is 58.1 Å². The second kappa shape index (κ2) is 8.19. The number of hydrogen-bond acceptors (Lipinski definition) is 4. The van der Waals surface area contributed by atoms with Crippen molar-refractivity contribution in [1.82, 2.24) is 15.4 Å². The summed E-state index contributed by atoms with van der Waals surface area (Å²) in [5.74, 6) is 0.344. The van der Waals surface area contributed by atoms with Crippen molar-refractivity contribution in [2.24, 2.45) is 0 Å². The molecule has 0 saturated heterocycles. The van der Waals surface area contributed by atoms with Gasteiger partial charge in [-0.2, -0.15) is 0 Å². The molecule has 1 aliphatic carbocycles. The number of para-hydroxylation sites is 2. The number of carbonyl (C=O) groups is 2. The molecule has 1 unspecified atom stereocenters. The molecule has 2 N–H and O–H groups in total. The van der Waals surface area contributed by atoms with Gasteiger partial charge in [0, 0.05) is 17.4 Å². The second-order valence-electron chi connectivity index (χ2n) is 7.75. The van der Waals surface area contributed by atoms with E-state index in [9.17, 15) is 9.59 Å². The Bertz CT molecular complexity index is 915. The zero-order valence-electron chi connectivity index (χ0n) is 16.9. The van der Waals surface area contributed by atoms with Crippen LogP contribution in [0.4, 0.5) is 0 Å². The summed E-state index contributed by atoms with van der Waals surface area (Å²) < 4.78 is 13.5. The lowest BCUT2D eigenvalue weighted by molar-refractivity contribution is -0.131. The van der Waals surface area contributed by atoms with Gasteiger partial charge >= 0.3 is 0 Å². The number of ether oxygens (including phenoxy) is 2. The van der Waals surface area contributed by atoms with Gasteiger partial charge in [0.25, 0.3) is 11.8 Å². The first-order chi connectivity index (χ1) is 14.0. The van der Waals surface area contributed by atoms with Crippen LogP contribution in [0, 0.1) is 13.8 Å². The first-order valence-corrected chi connectivity index (χ1v) is 10.2. The number of nitrogens with one attached hydrogen (secondary N) is 2. The van der Waals surface area contributed by atoms with Crippen molar-refractivity contribution in [2.75, 3.05) is 6.61 Å². The third-order valence-electron chi connectivity index (χ3n) is 5.77. The Morgan fingerprint density at radius 1 is 1.03 bits per heavy atom. The lowest BCUT2D eigenvalue weighted by Crippen LogP contribution is -2.50. The number of aryl methyl sites for hydroxylation is 1. The zero-order valence-corrected chi connectivity index (χ0v) is 16.9. The highest BCUT2D eigenvalue weighted by Gasteiger charge is 2.28. The quantitative estimate of drug-likeness (QED) is 0.780. The average molecular weight is 397 g/mol. The molecule has 2 heterocycles. The number of amides is 2. The molecule has 0 spiro atoms. The predicted octanol–water partition coefficient (Wildman–Crippen LogP) is 3.21. The highest BCUT2D eigenvalue weighted by Crippen LogP contribution is 2.32. The van der Waals surface area contributed by atoms with Gasteiger partial charge in [0.05, 0.1) is 5.56 Å². The number of carbonyl (C=O) groups excluding carboxylic acids is 2. The summed E-state index contributed by atoms with van der Waals surface area (Å²) in [6, 6.07) is 9.52. The average Bonchev–Trinajstić information content (AvgIpc) is 3.06. The molecule has 1 aliphatic heterocycles. The summed E-state index contributed by atoms with van der Waals surface area (Å²) in [7, 11) is 0. The fraction of sp³-hybridized carbons (Fsp3) is 0.455. The van der Waals surface area contributed by atoms with E-state index in [4.69, 9.17) is 9.47 Å². The molecule has 1 saturated carbocycles. The summed E-state index contributed by atoms with van der Waals surface area (Å²) in [6.07, 6.45) is 5.22. The zero-order chi connectivity index (χ0) is 20.4. The van der Waals surface area contributed by atoms with Crippen molar-refractivity contribution in [3.63, 3.8) is 0 Å². The van der Waals surface area contributed by atoms with Gasteiger partial charge in [0.15, 0.2) is 11.5 Å². The van der Waals surface area contributed by atoms with Crippen LogP contribution in [-0.4, -0.2) is 29.1 Å². The normalized spacial score (nSPS) is 18.9. The molecule has 2 amide bonds. The Morgan fingerprint density at radius 3 is 2.52 bits per heavy atom. The van der Waals surface area contributed by atoms with Crippen LogP contribution in [0.5, 0.6) is 11.5 Å². The summed E-state index contributed by atoms with van der Waals surface area (Å²) in [5, 5.41) is 0. The number of hydrazine groups is 1. The van der Waals surface area contributed by atoms with Crippen molar-refractivity contribution in [3.8, 4) is 11.5 Å². The van der Waals surface area contributed by atoms with Gasteiger partial charge in [-0.15, -0.1) is 0 Å². The standard InChI is InChI=1S/C22H27N3O4/c1-14-12-17(15(2)25(14)16-8-4-3-5-9-16)21(26)23-24-22(27)20-13-28-18-10-6-7-11-19(18)29-20/h6-7,10-12,16,20H,3-5,8-9,13H2,1-2H3,(H,23,26)(H,24,27). The molecule has 29 heavy (non-hydrogen) atoms. The van der Waals surface area contributed by atoms with Gasteiger partial charge < -0.3 is 14.0 Å². The molecule has 2 aromatic rings. The van der Waals surface area contributed by atoms with Crippen molar-refractivity contribution >= 4 is 11.8 Å². The van der Waals surface area contributed by atoms with Gasteiger partial charge in [0.1, 0.15) is 6.61 Å². The van der Waals surface area contributed by atoms with Crippen LogP contribution in [-0.2, 0) is 4.79 Å². The van der Waals surface area contributed by atoms with Crippen LogP contribution in [0.2, 0.25) is 0 Å². The molecule has 0 bridgehead atoms. The minimum Gasteiger partial charge on any atom is -0.485 e. The molecule has 0 radical (unpaired) electrons. The molecule has 154 valence electrons. The Hall–Kier alpha value is -2.96. The second-order valence-corrected chi connectivity index (χ2v) is 7.75. The molecule has 7 heteroatoms. The van der Waals surface area contributed by atoms with Gasteiger partial charge in [-0.1, -0.05) is 31.4 Å². The van der Waals surface area contributed by atoms with E-state index in [0.717, 1.165) is 24.2 Å². The van der Waals surface area contributed by atoms with Gasteiger partial charge in [-0.3, -0.25) is 20.4 Å². The van der Waals surface area contributed by atoms with Crippen LogP contribution in [0.25, 0.3) is 0 Å². The van der Waals surface area contributed by atoms with Crippen LogP contribution < -0.4 is 20.3 Å². The molecule has 7 nitrogen and oxygen atoms in total.